The second-order valence-electron chi connectivity index (χ2n) is 6.93. The summed E-state index contributed by atoms with van der Waals surface area (Å²) >= 11 is 0. The number of likely N-dealkylation sites (tertiary alicyclic amines) is 1. The van der Waals surface area contributed by atoms with Gasteiger partial charge in [0.1, 0.15) is 0 Å². The molecule has 2 rings (SSSR count). The lowest BCUT2D eigenvalue weighted by atomic mass is 9.80. The molecule has 0 radical (unpaired) electrons. The molecule has 0 bridgehead atoms. The van der Waals surface area contributed by atoms with Crippen molar-refractivity contribution in [2.45, 2.75) is 58.9 Å². The van der Waals surface area contributed by atoms with Gasteiger partial charge < -0.3 is 10.2 Å². The molecule has 2 fully saturated rings. The largest absolute Gasteiger partial charge is 0.316 e. The van der Waals surface area contributed by atoms with E-state index in [1.165, 1.54) is 58.3 Å². The average Bonchev–Trinajstić information content (AvgIpc) is 2.77. The van der Waals surface area contributed by atoms with Crippen LogP contribution in [0.15, 0.2) is 0 Å². The zero-order chi connectivity index (χ0) is 13.0. The molecule has 0 aromatic rings. The van der Waals surface area contributed by atoms with Gasteiger partial charge in [0.2, 0.25) is 0 Å². The molecule has 106 valence electrons. The van der Waals surface area contributed by atoms with Gasteiger partial charge in [-0.05, 0) is 69.5 Å². The van der Waals surface area contributed by atoms with Crippen LogP contribution >= 0.6 is 0 Å². The first-order valence-electron chi connectivity index (χ1n) is 8.13. The maximum atomic E-state index is 3.59. The monoisotopic (exact) mass is 252 g/mol. The summed E-state index contributed by atoms with van der Waals surface area (Å²) in [4.78, 5) is 2.80. The van der Waals surface area contributed by atoms with Gasteiger partial charge in [0, 0.05) is 12.6 Å². The summed E-state index contributed by atoms with van der Waals surface area (Å²) in [5, 5.41) is 3.59. The molecule has 0 amide bonds. The molecule has 3 unspecified atom stereocenters. The number of hydrogen-bond donors (Lipinski definition) is 1. The Balaban J connectivity index is 1.74. The van der Waals surface area contributed by atoms with Gasteiger partial charge in [-0.3, -0.25) is 0 Å². The van der Waals surface area contributed by atoms with Crippen molar-refractivity contribution in [1.82, 2.24) is 10.2 Å². The normalized spacial score (nSPS) is 38.2. The van der Waals surface area contributed by atoms with E-state index < -0.39 is 0 Å². The van der Waals surface area contributed by atoms with E-state index in [2.05, 4.69) is 31.0 Å². The van der Waals surface area contributed by atoms with Crippen molar-refractivity contribution in [2.24, 2.45) is 17.8 Å². The average molecular weight is 252 g/mol. The molecule has 2 nitrogen and oxygen atoms in total. The van der Waals surface area contributed by atoms with Crippen molar-refractivity contribution >= 4 is 0 Å². The van der Waals surface area contributed by atoms with Crippen LogP contribution in [0.25, 0.3) is 0 Å². The highest BCUT2D eigenvalue weighted by Gasteiger charge is 2.32. The van der Waals surface area contributed by atoms with Gasteiger partial charge in [0.15, 0.2) is 0 Å². The van der Waals surface area contributed by atoms with Crippen molar-refractivity contribution in [3.8, 4) is 0 Å². The van der Waals surface area contributed by atoms with Crippen molar-refractivity contribution < 1.29 is 0 Å². The lowest BCUT2D eigenvalue weighted by molar-refractivity contribution is 0.128. The molecule has 18 heavy (non-hydrogen) atoms. The summed E-state index contributed by atoms with van der Waals surface area (Å²) in [6.45, 7) is 12.3. The summed E-state index contributed by atoms with van der Waals surface area (Å²) in [6.07, 6.45) is 7.01. The van der Waals surface area contributed by atoms with E-state index in [1.807, 2.05) is 0 Å². The van der Waals surface area contributed by atoms with E-state index in [0.29, 0.717) is 0 Å². The van der Waals surface area contributed by atoms with Crippen LogP contribution in [0.2, 0.25) is 0 Å². The highest BCUT2D eigenvalue weighted by molar-refractivity contribution is 4.87. The second-order valence-corrected chi connectivity index (χ2v) is 6.93. The summed E-state index contributed by atoms with van der Waals surface area (Å²) in [5.74, 6) is 2.79. The highest BCUT2D eigenvalue weighted by Crippen LogP contribution is 2.33. The highest BCUT2D eigenvalue weighted by atomic mass is 15.2. The summed E-state index contributed by atoms with van der Waals surface area (Å²) in [7, 11) is 0. The fourth-order valence-corrected chi connectivity index (χ4v) is 4.05. The molecule has 1 saturated heterocycles. The van der Waals surface area contributed by atoms with Gasteiger partial charge in [-0.15, -0.1) is 0 Å². The standard InChI is InChI=1S/C16H32N2/c1-4-6-17-11-15-5-7-18(12-15)16-9-13(2)8-14(3)10-16/h13-17H,4-12H2,1-3H3. The molecule has 0 aromatic heterocycles. The first kappa shape index (κ1) is 14.3. The number of rotatable bonds is 5. The summed E-state index contributed by atoms with van der Waals surface area (Å²) in [6, 6.07) is 0.889. The van der Waals surface area contributed by atoms with Crippen LogP contribution in [0.4, 0.5) is 0 Å². The molecule has 3 atom stereocenters. The number of hydrogen-bond acceptors (Lipinski definition) is 2. The zero-order valence-electron chi connectivity index (χ0n) is 12.6. The molecule has 1 saturated carbocycles. The van der Waals surface area contributed by atoms with Gasteiger partial charge in [-0.2, -0.15) is 0 Å². The Morgan fingerprint density at radius 1 is 1.11 bits per heavy atom. The topological polar surface area (TPSA) is 15.3 Å². The molecule has 0 aromatic carbocycles. The van der Waals surface area contributed by atoms with Crippen LogP contribution in [0.1, 0.15) is 52.9 Å². The molecule has 1 heterocycles. The molecular weight excluding hydrogens is 220 g/mol. The van der Waals surface area contributed by atoms with Crippen molar-refractivity contribution in [3.05, 3.63) is 0 Å². The Bertz CT molecular complexity index is 231. The number of nitrogens with one attached hydrogen (secondary N) is 1. The summed E-state index contributed by atoms with van der Waals surface area (Å²) < 4.78 is 0. The Kier molecular flexibility index (Phi) is 5.50. The second kappa shape index (κ2) is 6.91. The minimum Gasteiger partial charge on any atom is -0.316 e. The van der Waals surface area contributed by atoms with Gasteiger partial charge in [-0.1, -0.05) is 20.8 Å². The van der Waals surface area contributed by atoms with E-state index in [9.17, 15) is 0 Å². The molecule has 0 spiro atoms. The van der Waals surface area contributed by atoms with Gasteiger partial charge >= 0.3 is 0 Å². The third-order valence-electron chi connectivity index (χ3n) is 4.85. The van der Waals surface area contributed by atoms with Crippen LogP contribution < -0.4 is 5.32 Å². The van der Waals surface area contributed by atoms with Gasteiger partial charge in [0.25, 0.3) is 0 Å². The molecule has 1 aliphatic heterocycles. The van der Waals surface area contributed by atoms with Crippen LogP contribution in [-0.2, 0) is 0 Å². The maximum absolute atomic E-state index is 3.59. The smallest absolute Gasteiger partial charge is 0.0100 e. The summed E-state index contributed by atoms with van der Waals surface area (Å²) in [5.41, 5.74) is 0. The third kappa shape index (κ3) is 3.96. The third-order valence-corrected chi connectivity index (χ3v) is 4.85. The van der Waals surface area contributed by atoms with Crippen LogP contribution in [0, 0.1) is 17.8 Å². The number of nitrogens with zero attached hydrogens (tertiary/aromatic N) is 1. The van der Waals surface area contributed by atoms with Crippen molar-refractivity contribution in [2.75, 3.05) is 26.2 Å². The molecular formula is C16H32N2. The molecule has 2 heteroatoms. The minimum atomic E-state index is 0.889. The first-order valence-corrected chi connectivity index (χ1v) is 8.13. The van der Waals surface area contributed by atoms with E-state index in [1.54, 1.807) is 0 Å². The van der Waals surface area contributed by atoms with E-state index in [4.69, 9.17) is 0 Å². The SMILES string of the molecule is CCCNCC1CCN(C2CC(C)CC(C)C2)C1. The minimum absolute atomic E-state index is 0.889. The Labute approximate surface area is 114 Å². The van der Waals surface area contributed by atoms with Crippen molar-refractivity contribution in [3.63, 3.8) is 0 Å². The molecule has 1 N–H and O–H groups in total. The first-order chi connectivity index (χ1) is 8.69. The maximum Gasteiger partial charge on any atom is 0.0100 e. The van der Waals surface area contributed by atoms with Crippen molar-refractivity contribution in [1.29, 1.82) is 0 Å². The van der Waals surface area contributed by atoms with E-state index in [-0.39, 0.29) is 0 Å². The van der Waals surface area contributed by atoms with Crippen LogP contribution in [0.5, 0.6) is 0 Å². The fraction of sp³-hybridized carbons (Fsp3) is 1.00. The Morgan fingerprint density at radius 3 is 2.50 bits per heavy atom. The zero-order valence-corrected chi connectivity index (χ0v) is 12.6. The Morgan fingerprint density at radius 2 is 1.83 bits per heavy atom. The van der Waals surface area contributed by atoms with Crippen LogP contribution in [0.3, 0.4) is 0 Å². The van der Waals surface area contributed by atoms with Gasteiger partial charge in [-0.25, -0.2) is 0 Å². The molecule has 1 aliphatic carbocycles. The lowest BCUT2D eigenvalue weighted by Crippen LogP contribution is -2.39. The quantitative estimate of drug-likeness (QED) is 0.756. The predicted molar refractivity (Wildman–Crippen MR) is 78.8 cm³/mol. The Hall–Kier alpha value is -0.0800. The molecule has 2 aliphatic rings. The predicted octanol–water partition coefficient (Wildman–Crippen LogP) is 3.13. The van der Waals surface area contributed by atoms with E-state index >= 15 is 0 Å². The van der Waals surface area contributed by atoms with Gasteiger partial charge in [0.05, 0.1) is 0 Å². The van der Waals surface area contributed by atoms with Crippen LogP contribution in [-0.4, -0.2) is 37.1 Å². The fourth-order valence-electron chi connectivity index (χ4n) is 4.05. The van der Waals surface area contributed by atoms with E-state index in [0.717, 1.165) is 23.8 Å². The lowest BCUT2D eigenvalue weighted by Gasteiger charge is -2.37.